The lowest BCUT2D eigenvalue weighted by Crippen LogP contribution is -2.55. The Kier molecular flexibility index (Phi) is 5.80. The Hall–Kier alpha value is -0.900. The number of nitrogens with zero attached hydrogens (tertiary/aromatic N) is 1. The number of benzene rings is 1. The summed E-state index contributed by atoms with van der Waals surface area (Å²) in [4.78, 5) is 2.53. The Morgan fingerprint density at radius 2 is 1.81 bits per heavy atom. The average molecular weight is 290 g/mol. The van der Waals surface area contributed by atoms with Crippen molar-refractivity contribution in [2.45, 2.75) is 45.7 Å². The topological polar surface area (TPSA) is 24.5 Å². The number of hydrogen-bond acceptors (Lipinski definition) is 3. The van der Waals surface area contributed by atoms with Gasteiger partial charge in [0, 0.05) is 31.2 Å². The van der Waals surface area contributed by atoms with Crippen molar-refractivity contribution in [3.63, 3.8) is 0 Å². The lowest BCUT2D eigenvalue weighted by atomic mass is 9.98. The van der Waals surface area contributed by atoms with Crippen LogP contribution in [0.25, 0.3) is 0 Å². The van der Waals surface area contributed by atoms with Gasteiger partial charge in [-0.25, -0.2) is 0 Å². The minimum atomic E-state index is 0.169. The summed E-state index contributed by atoms with van der Waals surface area (Å²) in [5.41, 5.74) is 2.88. The minimum absolute atomic E-state index is 0.169. The highest BCUT2D eigenvalue weighted by atomic mass is 16.5. The van der Waals surface area contributed by atoms with Gasteiger partial charge in [0.15, 0.2) is 0 Å². The van der Waals surface area contributed by atoms with Gasteiger partial charge >= 0.3 is 0 Å². The summed E-state index contributed by atoms with van der Waals surface area (Å²) in [5, 5.41) is 3.76. The first-order chi connectivity index (χ1) is 10.0. The summed E-state index contributed by atoms with van der Waals surface area (Å²) in [6, 6.07) is 9.33. The number of hydrogen-bond donors (Lipinski definition) is 1. The molecule has 1 atom stereocenters. The van der Waals surface area contributed by atoms with Gasteiger partial charge in [-0.05, 0) is 32.8 Å². The van der Waals surface area contributed by atoms with Gasteiger partial charge in [-0.1, -0.05) is 36.8 Å². The standard InChI is InChI=1S/C18H30N2O/c1-5-17(16-8-6-15(2)7-9-16)19-14-18(3,4)20-10-12-21-13-11-20/h6-9,17,19H,5,10-14H2,1-4H3. The molecular weight excluding hydrogens is 260 g/mol. The summed E-state index contributed by atoms with van der Waals surface area (Å²) < 4.78 is 5.46. The molecule has 1 N–H and O–H groups in total. The molecule has 1 aliphatic heterocycles. The van der Waals surface area contributed by atoms with Gasteiger partial charge in [-0.2, -0.15) is 0 Å². The molecular formula is C18H30N2O. The van der Waals surface area contributed by atoms with E-state index in [2.05, 4.69) is 62.2 Å². The van der Waals surface area contributed by atoms with E-state index in [9.17, 15) is 0 Å². The van der Waals surface area contributed by atoms with Crippen molar-refractivity contribution in [3.05, 3.63) is 35.4 Å². The molecule has 1 aliphatic rings. The summed E-state index contributed by atoms with van der Waals surface area (Å²) in [5.74, 6) is 0. The molecule has 0 aromatic heterocycles. The van der Waals surface area contributed by atoms with Crippen LogP contribution >= 0.6 is 0 Å². The first-order valence-corrected chi connectivity index (χ1v) is 8.15. The maximum atomic E-state index is 5.46. The van der Waals surface area contributed by atoms with Crippen LogP contribution in [0, 0.1) is 6.92 Å². The van der Waals surface area contributed by atoms with E-state index < -0.39 is 0 Å². The Bertz CT molecular complexity index is 421. The summed E-state index contributed by atoms with van der Waals surface area (Å²) >= 11 is 0. The van der Waals surface area contributed by atoms with Crippen LogP contribution < -0.4 is 5.32 Å². The van der Waals surface area contributed by atoms with E-state index in [0.29, 0.717) is 6.04 Å². The highest BCUT2D eigenvalue weighted by Crippen LogP contribution is 2.20. The Morgan fingerprint density at radius 3 is 2.38 bits per heavy atom. The fourth-order valence-corrected chi connectivity index (χ4v) is 2.95. The molecule has 1 saturated heterocycles. The largest absolute Gasteiger partial charge is 0.379 e. The smallest absolute Gasteiger partial charge is 0.0594 e. The molecule has 1 aromatic carbocycles. The van der Waals surface area contributed by atoms with Crippen molar-refractivity contribution < 1.29 is 4.74 Å². The number of aryl methyl sites for hydroxylation is 1. The predicted molar refractivity (Wildman–Crippen MR) is 88.7 cm³/mol. The molecule has 2 rings (SSSR count). The van der Waals surface area contributed by atoms with Crippen LogP contribution in [-0.4, -0.2) is 43.3 Å². The second-order valence-electron chi connectivity index (χ2n) is 6.66. The van der Waals surface area contributed by atoms with Gasteiger partial charge in [0.05, 0.1) is 13.2 Å². The van der Waals surface area contributed by atoms with Crippen molar-refractivity contribution in [1.29, 1.82) is 0 Å². The van der Waals surface area contributed by atoms with Crippen molar-refractivity contribution in [3.8, 4) is 0 Å². The molecule has 1 aromatic rings. The van der Waals surface area contributed by atoms with Crippen LogP contribution in [0.2, 0.25) is 0 Å². The fourth-order valence-electron chi connectivity index (χ4n) is 2.95. The zero-order valence-electron chi connectivity index (χ0n) is 14.0. The van der Waals surface area contributed by atoms with Crippen molar-refractivity contribution >= 4 is 0 Å². The molecule has 0 radical (unpaired) electrons. The van der Waals surface area contributed by atoms with Gasteiger partial charge in [-0.15, -0.1) is 0 Å². The zero-order valence-corrected chi connectivity index (χ0v) is 14.0. The van der Waals surface area contributed by atoms with Gasteiger partial charge in [0.2, 0.25) is 0 Å². The molecule has 0 bridgehead atoms. The summed E-state index contributed by atoms with van der Waals surface area (Å²) in [6.45, 7) is 13.8. The third-order valence-corrected chi connectivity index (χ3v) is 4.54. The molecule has 0 aliphatic carbocycles. The highest BCUT2D eigenvalue weighted by molar-refractivity contribution is 5.24. The second-order valence-corrected chi connectivity index (χ2v) is 6.66. The van der Waals surface area contributed by atoms with Crippen molar-refractivity contribution in [2.24, 2.45) is 0 Å². The van der Waals surface area contributed by atoms with Crippen LogP contribution in [0.5, 0.6) is 0 Å². The van der Waals surface area contributed by atoms with Crippen molar-refractivity contribution in [1.82, 2.24) is 10.2 Å². The lowest BCUT2D eigenvalue weighted by Gasteiger charge is -2.41. The number of ether oxygens (including phenoxy) is 1. The third-order valence-electron chi connectivity index (χ3n) is 4.54. The van der Waals surface area contributed by atoms with Crippen LogP contribution in [0.15, 0.2) is 24.3 Å². The molecule has 118 valence electrons. The van der Waals surface area contributed by atoms with E-state index in [1.807, 2.05) is 0 Å². The molecule has 0 spiro atoms. The minimum Gasteiger partial charge on any atom is -0.379 e. The van der Waals surface area contributed by atoms with Crippen LogP contribution in [0.4, 0.5) is 0 Å². The maximum absolute atomic E-state index is 5.46. The van der Waals surface area contributed by atoms with E-state index in [1.165, 1.54) is 11.1 Å². The van der Waals surface area contributed by atoms with Gasteiger partial charge in [0.1, 0.15) is 0 Å². The molecule has 3 heteroatoms. The fraction of sp³-hybridized carbons (Fsp3) is 0.667. The van der Waals surface area contributed by atoms with Crippen LogP contribution in [0.3, 0.4) is 0 Å². The molecule has 1 heterocycles. The lowest BCUT2D eigenvalue weighted by molar-refractivity contribution is -0.0104. The number of nitrogens with one attached hydrogen (secondary N) is 1. The molecule has 0 saturated carbocycles. The molecule has 0 amide bonds. The molecule has 21 heavy (non-hydrogen) atoms. The number of morpholine rings is 1. The molecule has 1 unspecified atom stereocenters. The highest BCUT2D eigenvalue weighted by Gasteiger charge is 2.28. The average Bonchev–Trinajstić information content (AvgIpc) is 2.50. The summed E-state index contributed by atoms with van der Waals surface area (Å²) in [7, 11) is 0. The van der Waals surface area contributed by atoms with E-state index >= 15 is 0 Å². The van der Waals surface area contributed by atoms with E-state index in [1.54, 1.807) is 0 Å². The predicted octanol–water partition coefficient (Wildman–Crippen LogP) is 3.15. The van der Waals surface area contributed by atoms with Gasteiger partial charge in [-0.3, -0.25) is 4.90 Å². The first-order valence-electron chi connectivity index (χ1n) is 8.15. The van der Waals surface area contributed by atoms with E-state index in [-0.39, 0.29) is 5.54 Å². The zero-order chi connectivity index (χ0) is 15.3. The molecule has 1 fully saturated rings. The van der Waals surface area contributed by atoms with E-state index in [0.717, 1.165) is 39.3 Å². The van der Waals surface area contributed by atoms with Crippen LogP contribution in [0.1, 0.15) is 44.4 Å². The summed E-state index contributed by atoms with van der Waals surface area (Å²) in [6.07, 6.45) is 1.11. The molecule has 3 nitrogen and oxygen atoms in total. The first kappa shape index (κ1) is 16.5. The van der Waals surface area contributed by atoms with Crippen molar-refractivity contribution in [2.75, 3.05) is 32.8 Å². The van der Waals surface area contributed by atoms with Crippen LogP contribution in [-0.2, 0) is 4.74 Å². The van der Waals surface area contributed by atoms with Gasteiger partial charge in [0.25, 0.3) is 0 Å². The quantitative estimate of drug-likeness (QED) is 0.871. The monoisotopic (exact) mass is 290 g/mol. The Labute approximate surface area is 129 Å². The Balaban J connectivity index is 1.93. The number of rotatable bonds is 6. The van der Waals surface area contributed by atoms with E-state index in [4.69, 9.17) is 4.74 Å². The SMILES string of the molecule is CCC(NCC(C)(C)N1CCOCC1)c1ccc(C)cc1. The second kappa shape index (κ2) is 7.39. The maximum Gasteiger partial charge on any atom is 0.0594 e. The third kappa shape index (κ3) is 4.53. The van der Waals surface area contributed by atoms with Gasteiger partial charge < -0.3 is 10.1 Å². The Morgan fingerprint density at radius 1 is 1.19 bits per heavy atom. The normalized spacial score (nSPS) is 18.7.